The molecule has 3 rings (SSSR count). The van der Waals surface area contributed by atoms with E-state index in [2.05, 4.69) is 5.32 Å². The summed E-state index contributed by atoms with van der Waals surface area (Å²) in [5.74, 6) is -5.07. The zero-order chi connectivity index (χ0) is 29.1. The van der Waals surface area contributed by atoms with Gasteiger partial charge < -0.3 is 11.1 Å². The lowest BCUT2D eigenvalue weighted by Gasteiger charge is -2.19. The van der Waals surface area contributed by atoms with Crippen molar-refractivity contribution in [3.05, 3.63) is 99.1 Å². The van der Waals surface area contributed by atoms with E-state index in [4.69, 9.17) is 5.73 Å². The van der Waals surface area contributed by atoms with Crippen molar-refractivity contribution < 1.29 is 46.1 Å². The first kappa shape index (κ1) is 28.2. The first-order chi connectivity index (χ1) is 18.2. The van der Waals surface area contributed by atoms with Gasteiger partial charge in [0.15, 0.2) is 0 Å². The summed E-state index contributed by atoms with van der Waals surface area (Å²) in [6.07, 6.45) is -4.95. The summed E-state index contributed by atoms with van der Waals surface area (Å²) < 4.78 is 66.3. The van der Waals surface area contributed by atoms with Crippen molar-refractivity contribution in [1.82, 2.24) is 5.32 Å². The molecule has 0 aliphatic rings. The van der Waals surface area contributed by atoms with Crippen molar-refractivity contribution in [2.24, 2.45) is 5.73 Å². The number of alkyl halides is 3. The normalized spacial score (nSPS) is 10.9. The van der Waals surface area contributed by atoms with Crippen molar-refractivity contribution in [3.63, 3.8) is 0 Å². The molecule has 3 aromatic carbocycles. The molecule has 0 radical (unpaired) electrons. The number of amides is 6. The molecule has 0 bridgehead atoms. The molecule has 6 amide bonds. The van der Waals surface area contributed by atoms with Gasteiger partial charge in [-0.25, -0.2) is 23.3 Å². The van der Waals surface area contributed by atoms with Gasteiger partial charge in [0.25, 0.3) is 17.5 Å². The van der Waals surface area contributed by atoms with Crippen LogP contribution in [0.1, 0.15) is 26.3 Å². The molecule has 0 saturated heterocycles. The number of nitro groups is 1. The van der Waals surface area contributed by atoms with E-state index >= 15 is 0 Å². The van der Waals surface area contributed by atoms with Crippen molar-refractivity contribution in [1.29, 1.82) is 0 Å². The van der Waals surface area contributed by atoms with E-state index in [0.717, 1.165) is 42.5 Å². The number of benzene rings is 3. The molecule has 11 nitrogen and oxygen atoms in total. The molecular weight excluding hydrogens is 537 g/mol. The number of nitrogens with two attached hydrogens (primary N) is 1. The minimum Gasteiger partial charge on any atom is -0.351 e. The number of carbonyl (C=O) groups is 4. The van der Waals surface area contributed by atoms with Crippen LogP contribution < -0.4 is 21.3 Å². The molecule has 0 atom stereocenters. The quantitative estimate of drug-likeness (QED) is 0.239. The molecule has 0 aliphatic carbocycles. The molecule has 0 heterocycles. The molecule has 0 spiro atoms. The summed E-state index contributed by atoms with van der Waals surface area (Å²) >= 11 is 0. The summed E-state index contributed by atoms with van der Waals surface area (Å²) in [4.78, 5) is 59.2. The molecule has 202 valence electrons. The molecular formula is C23H14F5N5O6. The highest BCUT2D eigenvalue weighted by Gasteiger charge is 2.36. The van der Waals surface area contributed by atoms with Crippen LogP contribution in [-0.4, -0.2) is 28.8 Å². The zero-order valence-corrected chi connectivity index (χ0v) is 19.1. The van der Waals surface area contributed by atoms with Crippen LogP contribution in [0.25, 0.3) is 0 Å². The Hall–Kier alpha value is -5.41. The van der Waals surface area contributed by atoms with Crippen LogP contribution in [0.2, 0.25) is 0 Å². The largest absolute Gasteiger partial charge is 0.416 e. The first-order valence-corrected chi connectivity index (χ1v) is 10.4. The molecule has 0 aromatic heterocycles. The molecule has 39 heavy (non-hydrogen) atoms. The third-order valence-corrected chi connectivity index (χ3v) is 4.97. The standard InChI is InChI=1S/C23H14F5N5O6/c24-14-2-1-3-15(25)18(14)19(34)31-22(37)30-13-7-4-11(5-8-13)20(35)32(21(29)36)16-9-6-12(23(26,27)28)10-17(16)33(38)39/h1-10H,(H2,29,36)(H2,30,31,34,37). The molecule has 0 unspecified atom stereocenters. The van der Waals surface area contributed by atoms with E-state index in [1.165, 1.54) is 0 Å². The molecule has 0 aliphatic heterocycles. The molecule has 3 aromatic rings. The summed E-state index contributed by atoms with van der Waals surface area (Å²) in [5, 5.41) is 15.2. The van der Waals surface area contributed by atoms with E-state index < -0.39 is 69.1 Å². The molecule has 0 fully saturated rings. The molecule has 4 N–H and O–H groups in total. The van der Waals surface area contributed by atoms with Crippen LogP contribution in [0.5, 0.6) is 0 Å². The lowest BCUT2D eigenvalue weighted by Crippen LogP contribution is -2.41. The Bertz CT molecular complexity index is 1470. The number of nitrogens with one attached hydrogen (secondary N) is 2. The maximum absolute atomic E-state index is 13.7. The van der Waals surface area contributed by atoms with Gasteiger partial charge in [-0.2, -0.15) is 13.2 Å². The maximum Gasteiger partial charge on any atom is 0.416 e. The second-order valence-corrected chi connectivity index (χ2v) is 7.52. The van der Waals surface area contributed by atoms with Gasteiger partial charge in [-0.15, -0.1) is 0 Å². The van der Waals surface area contributed by atoms with E-state index in [9.17, 15) is 51.2 Å². The van der Waals surface area contributed by atoms with Crippen molar-refractivity contribution >= 4 is 40.9 Å². The fourth-order valence-electron chi connectivity index (χ4n) is 3.23. The highest BCUT2D eigenvalue weighted by atomic mass is 19.4. The topological polar surface area (TPSA) is 165 Å². The van der Waals surface area contributed by atoms with Crippen molar-refractivity contribution in [2.45, 2.75) is 6.18 Å². The fourth-order valence-corrected chi connectivity index (χ4v) is 3.23. The number of rotatable bonds is 5. The van der Waals surface area contributed by atoms with Crippen molar-refractivity contribution in [2.75, 3.05) is 10.2 Å². The summed E-state index contributed by atoms with van der Waals surface area (Å²) in [5.41, 5.74) is 0.336. The predicted octanol–water partition coefficient (Wildman–Crippen LogP) is 4.58. The van der Waals surface area contributed by atoms with Gasteiger partial charge in [-0.05, 0) is 48.5 Å². The van der Waals surface area contributed by atoms with E-state index in [1.54, 1.807) is 5.32 Å². The third-order valence-electron chi connectivity index (χ3n) is 4.97. The van der Waals surface area contributed by atoms with Crippen LogP contribution in [0.15, 0.2) is 60.7 Å². The number of carbonyl (C=O) groups excluding carboxylic acids is 4. The number of halogens is 5. The number of imide groups is 2. The second kappa shape index (κ2) is 10.9. The number of anilines is 2. The minimum atomic E-state index is -4.95. The number of hydrogen-bond donors (Lipinski definition) is 3. The second-order valence-electron chi connectivity index (χ2n) is 7.52. The number of nitrogens with zero attached hydrogens (tertiary/aromatic N) is 2. The Balaban J connectivity index is 1.81. The number of urea groups is 2. The Labute approximate surface area is 214 Å². The average molecular weight is 551 g/mol. The summed E-state index contributed by atoms with van der Waals surface area (Å²) in [6.45, 7) is 0. The Morgan fingerprint density at radius 3 is 2.03 bits per heavy atom. The van der Waals surface area contributed by atoms with Gasteiger partial charge in [0.2, 0.25) is 0 Å². The monoisotopic (exact) mass is 551 g/mol. The van der Waals surface area contributed by atoms with E-state index in [1.807, 2.05) is 0 Å². The number of hydrogen-bond acceptors (Lipinski definition) is 6. The van der Waals surface area contributed by atoms with Crippen LogP contribution in [0, 0.1) is 21.7 Å². The SMILES string of the molecule is NC(=O)N(C(=O)c1ccc(NC(=O)NC(=O)c2c(F)cccc2F)cc1)c1ccc(C(F)(F)F)cc1[N+](=O)[O-]. The van der Waals surface area contributed by atoms with Gasteiger partial charge in [0.1, 0.15) is 22.9 Å². The fraction of sp³-hybridized carbons (Fsp3) is 0.0435. The average Bonchev–Trinajstić information content (AvgIpc) is 2.83. The summed E-state index contributed by atoms with van der Waals surface area (Å²) in [7, 11) is 0. The Morgan fingerprint density at radius 1 is 0.923 bits per heavy atom. The van der Waals surface area contributed by atoms with Crippen LogP contribution >= 0.6 is 0 Å². The smallest absolute Gasteiger partial charge is 0.351 e. The zero-order valence-electron chi connectivity index (χ0n) is 19.1. The summed E-state index contributed by atoms with van der Waals surface area (Å²) in [6, 6.07) is 5.18. The van der Waals surface area contributed by atoms with E-state index in [-0.39, 0.29) is 22.2 Å². The van der Waals surface area contributed by atoms with Crippen LogP contribution in [0.4, 0.5) is 48.6 Å². The van der Waals surface area contributed by atoms with Gasteiger partial charge >= 0.3 is 18.2 Å². The van der Waals surface area contributed by atoms with E-state index in [0.29, 0.717) is 12.1 Å². The van der Waals surface area contributed by atoms with Gasteiger partial charge in [0.05, 0.1) is 10.5 Å². The lowest BCUT2D eigenvalue weighted by molar-refractivity contribution is -0.384. The van der Waals surface area contributed by atoms with Crippen LogP contribution in [-0.2, 0) is 6.18 Å². The van der Waals surface area contributed by atoms with Gasteiger partial charge in [-0.3, -0.25) is 25.0 Å². The molecule has 16 heteroatoms. The lowest BCUT2D eigenvalue weighted by atomic mass is 10.1. The minimum absolute atomic E-state index is 0.0583. The highest BCUT2D eigenvalue weighted by molar-refractivity contribution is 6.21. The predicted molar refractivity (Wildman–Crippen MR) is 124 cm³/mol. The third kappa shape index (κ3) is 6.30. The highest BCUT2D eigenvalue weighted by Crippen LogP contribution is 2.37. The first-order valence-electron chi connectivity index (χ1n) is 10.4. The van der Waals surface area contributed by atoms with Crippen LogP contribution in [0.3, 0.4) is 0 Å². The molecule has 0 saturated carbocycles. The van der Waals surface area contributed by atoms with Gasteiger partial charge in [0, 0.05) is 17.3 Å². The maximum atomic E-state index is 13.7. The number of nitro benzene ring substituents is 1. The number of primary amides is 1. The van der Waals surface area contributed by atoms with Crippen molar-refractivity contribution in [3.8, 4) is 0 Å². The van der Waals surface area contributed by atoms with Gasteiger partial charge in [-0.1, -0.05) is 6.07 Å². The Kier molecular flexibility index (Phi) is 7.88. The Morgan fingerprint density at radius 2 is 1.51 bits per heavy atom.